The van der Waals surface area contributed by atoms with Gasteiger partial charge in [-0.2, -0.15) is 0 Å². The third-order valence-electron chi connectivity index (χ3n) is 3.38. The topological polar surface area (TPSA) is 46.3 Å². The van der Waals surface area contributed by atoms with Gasteiger partial charge in [-0.3, -0.25) is 4.79 Å². The van der Waals surface area contributed by atoms with Crippen LogP contribution in [0.3, 0.4) is 0 Å². The molecule has 0 radical (unpaired) electrons. The third kappa shape index (κ3) is 2.90. The fourth-order valence-corrected chi connectivity index (χ4v) is 2.55. The molecule has 1 aromatic rings. The maximum atomic E-state index is 11.4. The molecule has 2 rings (SSSR count). The molecule has 4 heteroatoms. The average molecular weight is 288 g/mol. The number of nitrogens with two attached hydrogens (primary N) is 1. The molecule has 106 valence electrons. The smallest absolute Gasteiger partial charge is 0.247 e. The van der Waals surface area contributed by atoms with E-state index in [1.54, 1.807) is 6.08 Å². The van der Waals surface area contributed by atoms with Crippen LogP contribution in [-0.4, -0.2) is 11.3 Å². The summed E-state index contributed by atoms with van der Waals surface area (Å²) in [5, 5.41) is -0.349. The molecule has 3 nitrogen and oxygen atoms in total. The Morgan fingerprint density at radius 2 is 1.85 bits per heavy atom. The summed E-state index contributed by atoms with van der Waals surface area (Å²) in [6.07, 6.45) is 5.42. The number of thiol groups is 1. The van der Waals surface area contributed by atoms with Crippen molar-refractivity contribution in [3.05, 3.63) is 53.8 Å². The summed E-state index contributed by atoms with van der Waals surface area (Å²) in [7, 11) is 0. The lowest BCUT2D eigenvalue weighted by Crippen LogP contribution is -2.35. The minimum atomic E-state index is -0.439. The maximum absolute atomic E-state index is 11.4. The zero-order valence-corrected chi connectivity index (χ0v) is 12.9. The van der Waals surface area contributed by atoms with Gasteiger partial charge in [0.25, 0.3) is 0 Å². The lowest BCUT2D eigenvalue weighted by Gasteiger charge is -2.30. The van der Waals surface area contributed by atoms with Gasteiger partial charge in [-0.1, -0.05) is 32.9 Å². The van der Waals surface area contributed by atoms with Crippen molar-refractivity contribution < 1.29 is 4.79 Å². The summed E-state index contributed by atoms with van der Waals surface area (Å²) in [6.45, 7) is 6.54. The standard InChI is InChI=1S/C16H20N2OS/c1-16(2,3)11-6-8-12(9-7-11)18-10-4-5-13(14(17)19)15(18)20/h4-10,15,20H,1-3H3,(H2,17,19). The van der Waals surface area contributed by atoms with E-state index in [0.29, 0.717) is 5.57 Å². The quantitative estimate of drug-likeness (QED) is 0.822. The molecule has 0 saturated heterocycles. The van der Waals surface area contributed by atoms with Crippen LogP contribution in [0, 0.1) is 0 Å². The summed E-state index contributed by atoms with van der Waals surface area (Å²) in [6, 6.07) is 8.29. The molecule has 0 aromatic heterocycles. The highest BCUT2D eigenvalue weighted by molar-refractivity contribution is 7.81. The summed E-state index contributed by atoms with van der Waals surface area (Å²) < 4.78 is 0. The molecule has 0 saturated carbocycles. The molecule has 1 atom stereocenters. The van der Waals surface area contributed by atoms with Crippen molar-refractivity contribution in [2.24, 2.45) is 5.73 Å². The van der Waals surface area contributed by atoms with Crippen molar-refractivity contribution in [2.75, 3.05) is 4.90 Å². The van der Waals surface area contributed by atoms with Gasteiger partial charge in [0.05, 0.1) is 0 Å². The summed E-state index contributed by atoms with van der Waals surface area (Å²) in [4.78, 5) is 13.3. The molecule has 0 spiro atoms. The summed E-state index contributed by atoms with van der Waals surface area (Å²) >= 11 is 4.49. The van der Waals surface area contributed by atoms with E-state index < -0.39 is 5.91 Å². The van der Waals surface area contributed by atoms with Gasteiger partial charge in [0.2, 0.25) is 5.91 Å². The van der Waals surface area contributed by atoms with Gasteiger partial charge in [0.15, 0.2) is 0 Å². The molecule has 0 fully saturated rings. The van der Waals surface area contributed by atoms with Gasteiger partial charge in [-0.15, -0.1) is 12.6 Å². The molecule has 0 bridgehead atoms. The van der Waals surface area contributed by atoms with Crippen LogP contribution in [0.4, 0.5) is 5.69 Å². The second-order valence-electron chi connectivity index (χ2n) is 5.91. The van der Waals surface area contributed by atoms with Crippen LogP contribution in [0.5, 0.6) is 0 Å². The van der Waals surface area contributed by atoms with Gasteiger partial charge in [-0.05, 0) is 35.3 Å². The number of hydrogen-bond donors (Lipinski definition) is 2. The highest BCUT2D eigenvalue weighted by Crippen LogP contribution is 2.29. The van der Waals surface area contributed by atoms with Crippen LogP contribution in [0.15, 0.2) is 48.2 Å². The molecule has 1 aromatic carbocycles. The SMILES string of the molecule is CC(C)(C)c1ccc(N2C=CC=C(C(N)=O)C2S)cc1. The van der Waals surface area contributed by atoms with Gasteiger partial charge in [-0.25, -0.2) is 0 Å². The third-order valence-corrected chi connectivity index (χ3v) is 3.91. The van der Waals surface area contributed by atoms with E-state index in [0.717, 1.165) is 5.69 Å². The van der Waals surface area contributed by atoms with Crippen molar-refractivity contribution >= 4 is 24.2 Å². The van der Waals surface area contributed by atoms with Gasteiger partial charge >= 0.3 is 0 Å². The molecule has 1 aliphatic heterocycles. The van der Waals surface area contributed by atoms with E-state index >= 15 is 0 Å². The van der Waals surface area contributed by atoms with Crippen LogP contribution in [0.2, 0.25) is 0 Å². The van der Waals surface area contributed by atoms with Crippen molar-refractivity contribution in [3.8, 4) is 0 Å². The number of amides is 1. The Labute approximate surface area is 125 Å². The van der Waals surface area contributed by atoms with Crippen molar-refractivity contribution in [3.63, 3.8) is 0 Å². The van der Waals surface area contributed by atoms with E-state index in [-0.39, 0.29) is 10.8 Å². The number of primary amides is 1. The van der Waals surface area contributed by atoms with Gasteiger partial charge in [0, 0.05) is 17.5 Å². The Balaban J connectivity index is 2.27. The highest BCUT2D eigenvalue weighted by Gasteiger charge is 2.23. The van der Waals surface area contributed by atoms with E-state index in [1.165, 1.54) is 5.56 Å². The van der Waals surface area contributed by atoms with Crippen LogP contribution in [0.1, 0.15) is 26.3 Å². The Morgan fingerprint density at radius 3 is 2.35 bits per heavy atom. The summed E-state index contributed by atoms with van der Waals surface area (Å²) in [5.41, 5.74) is 8.23. The zero-order valence-electron chi connectivity index (χ0n) is 12.0. The number of benzene rings is 1. The second-order valence-corrected chi connectivity index (χ2v) is 6.39. The predicted molar refractivity (Wildman–Crippen MR) is 86.8 cm³/mol. The van der Waals surface area contributed by atoms with Crippen LogP contribution in [-0.2, 0) is 10.2 Å². The van der Waals surface area contributed by atoms with Crippen LogP contribution in [0.25, 0.3) is 0 Å². The monoisotopic (exact) mass is 288 g/mol. The van der Waals surface area contributed by atoms with Crippen molar-refractivity contribution in [1.29, 1.82) is 0 Å². The summed E-state index contributed by atoms with van der Waals surface area (Å²) in [5.74, 6) is -0.439. The lowest BCUT2D eigenvalue weighted by atomic mass is 9.87. The number of nitrogens with zero attached hydrogens (tertiary/aromatic N) is 1. The Kier molecular flexibility index (Phi) is 3.95. The van der Waals surface area contributed by atoms with Crippen LogP contribution < -0.4 is 10.6 Å². The molecule has 2 N–H and O–H groups in total. The number of allylic oxidation sites excluding steroid dienone is 2. The maximum Gasteiger partial charge on any atom is 0.247 e. The van der Waals surface area contributed by atoms with Crippen molar-refractivity contribution in [2.45, 2.75) is 31.6 Å². The van der Waals surface area contributed by atoms with Gasteiger partial charge < -0.3 is 10.6 Å². The molecule has 1 unspecified atom stereocenters. The Morgan fingerprint density at radius 1 is 1.25 bits per heavy atom. The highest BCUT2D eigenvalue weighted by atomic mass is 32.1. The molecule has 1 amide bonds. The van der Waals surface area contributed by atoms with Crippen molar-refractivity contribution in [1.82, 2.24) is 0 Å². The van der Waals surface area contributed by atoms with Gasteiger partial charge in [0.1, 0.15) is 5.37 Å². The van der Waals surface area contributed by atoms with Crippen LogP contribution >= 0.6 is 12.6 Å². The Hall–Kier alpha value is -1.68. The second kappa shape index (κ2) is 5.37. The number of hydrogen-bond acceptors (Lipinski definition) is 3. The first-order valence-corrected chi connectivity index (χ1v) is 7.07. The normalized spacial score (nSPS) is 18.9. The predicted octanol–water partition coefficient (Wildman–Crippen LogP) is 2.99. The minimum Gasteiger partial charge on any atom is -0.366 e. The largest absolute Gasteiger partial charge is 0.366 e. The van der Waals surface area contributed by atoms with E-state index in [1.807, 2.05) is 29.3 Å². The molecular weight excluding hydrogens is 268 g/mol. The minimum absolute atomic E-state index is 0.120. The number of carbonyl (C=O) groups excluding carboxylic acids is 1. The zero-order chi connectivity index (χ0) is 14.9. The fraction of sp³-hybridized carbons (Fsp3) is 0.312. The van der Waals surface area contributed by atoms with E-state index in [2.05, 4.69) is 45.5 Å². The fourth-order valence-electron chi connectivity index (χ4n) is 2.13. The van der Waals surface area contributed by atoms with E-state index in [4.69, 9.17) is 5.73 Å². The number of anilines is 1. The molecule has 1 heterocycles. The first-order chi connectivity index (χ1) is 9.30. The molecule has 20 heavy (non-hydrogen) atoms. The first-order valence-electron chi connectivity index (χ1n) is 6.56. The number of rotatable bonds is 2. The lowest BCUT2D eigenvalue weighted by molar-refractivity contribution is -0.114. The molecular formula is C16H20N2OS. The molecule has 1 aliphatic rings. The molecule has 0 aliphatic carbocycles. The first kappa shape index (κ1) is 14.7. The Bertz CT molecular complexity index is 567. The van der Waals surface area contributed by atoms with E-state index in [9.17, 15) is 4.79 Å². The number of carbonyl (C=O) groups is 1. The average Bonchev–Trinajstić information content (AvgIpc) is 2.38.